The number of carbonyl (C=O) groups is 1. The fraction of sp³-hybridized carbons (Fsp3) is 0.235. The third-order valence-electron chi connectivity index (χ3n) is 3.47. The first-order valence-corrected chi connectivity index (χ1v) is 7.00. The topological polar surface area (TPSA) is 75.1 Å². The van der Waals surface area contributed by atoms with Gasteiger partial charge in [-0.1, -0.05) is 47.6 Å². The number of methoxy groups -OCH3 is 1. The van der Waals surface area contributed by atoms with Crippen molar-refractivity contribution in [1.29, 1.82) is 0 Å². The Bertz CT molecular complexity index is 662. The minimum atomic E-state index is -0.334. The van der Waals surface area contributed by atoms with Crippen LogP contribution in [0, 0.1) is 0 Å². The molecule has 2 aromatic carbocycles. The van der Waals surface area contributed by atoms with Crippen LogP contribution in [0.1, 0.15) is 28.3 Å². The minimum Gasteiger partial charge on any atom is -0.497 e. The van der Waals surface area contributed by atoms with Crippen molar-refractivity contribution in [2.24, 2.45) is 5.11 Å². The van der Waals surface area contributed by atoms with Crippen LogP contribution in [0.15, 0.2) is 59.7 Å². The van der Waals surface area contributed by atoms with Crippen molar-refractivity contribution in [3.05, 3.63) is 76.2 Å². The van der Waals surface area contributed by atoms with Gasteiger partial charge in [0.2, 0.25) is 0 Å². The molecule has 0 amide bonds. The molecule has 5 heteroatoms. The first kappa shape index (κ1) is 15.6. The van der Waals surface area contributed by atoms with Gasteiger partial charge >= 0.3 is 0 Å². The average Bonchev–Trinajstić information content (AvgIpc) is 2.59. The summed E-state index contributed by atoms with van der Waals surface area (Å²) in [6.45, 7) is 0.284. The number of hydrogen-bond acceptors (Lipinski definition) is 3. The van der Waals surface area contributed by atoms with E-state index in [1.165, 1.54) is 0 Å². The van der Waals surface area contributed by atoms with Crippen molar-refractivity contribution in [3.63, 3.8) is 0 Å². The Balaban J connectivity index is 2.28. The van der Waals surface area contributed by atoms with Crippen LogP contribution in [-0.4, -0.2) is 19.4 Å². The standard InChI is InChI=1S/C17H17N3O2/c1-22-15-9-7-13(8-10-15)16(11-12-19-20-18)17(21)14-5-3-2-4-6-14/h2-10,16H,11-12H2,1H3. The molecule has 0 N–H and O–H groups in total. The molecule has 0 aliphatic rings. The van der Waals surface area contributed by atoms with Crippen molar-refractivity contribution in [3.8, 4) is 5.75 Å². The highest BCUT2D eigenvalue weighted by Gasteiger charge is 2.21. The van der Waals surface area contributed by atoms with Crippen LogP contribution in [-0.2, 0) is 0 Å². The molecule has 112 valence electrons. The van der Waals surface area contributed by atoms with Gasteiger partial charge in [-0.15, -0.1) is 0 Å². The van der Waals surface area contributed by atoms with Crippen LogP contribution in [0.4, 0.5) is 0 Å². The molecule has 0 saturated heterocycles. The molecular formula is C17H17N3O2. The predicted octanol–water partition coefficient (Wildman–Crippen LogP) is 4.36. The highest BCUT2D eigenvalue weighted by atomic mass is 16.5. The van der Waals surface area contributed by atoms with Gasteiger partial charge in [0.15, 0.2) is 5.78 Å². The Morgan fingerprint density at radius 2 is 1.86 bits per heavy atom. The average molecular weight is 295 g/mol. The molecule has 2 aromatic rings. The number of ketones is 1. The Morgan fingerprint density at radius 3 is 2.45 bits per heavy atom. The number of nitrogens with zero attached hydrogens (tertiary/aromatic N) is 3. The number of azide groups is 1. The maximum Gasteiger partial charge on any atom is 0.170 e. The lowest BCUT2D eigenvalue weighted by molar-refractivity contribution is 0.0956. The number of carbonyl (C=O) groups excluding carboxylic acids is 1. The molecule has 0 fully saturated rings. The summed E-state index contributed by atoms with van der Waals surface area (Å²) in [6, 6.07) is 16.6. The van der Waals surface area contributed by atoms with Crippen molar-refractivity contribution < 1.29 is 9.53 Å². The van der Waals surface area contributed by atoms with Crippen LogP contribution < -0.4 is 4.74 Å². The lowest BCUT2D eigenvalue weighted by Crippen LogP contribution is -2.14. The normalized spacial score (nSPS) is 11.3. The van der Waals surface area contributed by atoms with E-state index in [1.807, 2.05) is 42.5 Å². The summed E-state index contributed by atoms with van der Waals surface area (Å²) in [5.41, 5.74) is 9.98. The summed E-state index contributed by atoms with van der Waals surface area (Å²) in [5, 5.41) is 3.55. The van der Waals surface area contributed by atoms with E-state index >= 15 is 0 Å². The molecule has 0 spiro atoms. The van der Waals surface area contributed by atoms with E-state index in [-0.39, 0.29) is 18.2 Å². The number of Topliss-reactive ketones (excluding diaryl/α,β-unsaturated/α-hetero) is 1. The maximum atomic E-state index is 12.7. The van der Waals surface area contributed by atoms with Crippen molar-refractivity contribution >= 4 is 5.78 Å². The van der Waals surface area contributed by atoms with E-state index in [4.69, 9.17) is 10.3 Å². The second-order valence-corrected chi connectivity index (χ2v) is 4.80. The molecule has 0 aliphatic carbocycles. The zero-order chi connectivity index (χ0) is 15.8. The van der Waals surface area contributed by atoms with E-state index in [2.05, 4.69) is 10.0 Å². The molecule has 1 atom stereocenters. The molecular weight excluding hydrogens is 278 g/mol. The van der Waals surface area contributed by atoms with Crippen LogP contribution >= 0.6 is 0 Å². The molecule has 0 bridgehead atoms. The van der Waals surface area contributed by atoms with Gasteiger partial charge in [-0.3, -0.25) is 4.79 Å². The molecule has 0 aromatic heterocycles. The summed E-state index contributed by atoms with van der Waals surface area (Å²) >= 11 is 0. The summed E-state index contributed by atoms with van der Waals surface area (Å²) in [4.78, 5) is 15.5. The zero-order valence-corrected chi connectivity index (χ0v) is 12.3. The first-order chi connectivity index (χ1) is 10.8. The largest absolute Gasteiger partial charge is 0.497 e. The SMILES string of the molecule is COc1ccc(C(CCN=[N+]=[N-])C(=O)c2ccccc2)cc1. The highest BCUT2D eigenvalue weighted by Crippen LogP contribution is 2.26. The fourth-order valence-corrected chi connectivity index (χ4v) is 2.32. The third kappa shape index (κ3) is 3.87. The summed E-state index contributed by atoms with van der Waals surface area (Å²) in [5.74, 6) is 0.433. The molecule has 2 rings (SSSR count). The molecule has 0 saturated carbocycles. The summed E-state index contributed by atoms with van der Waals surface area (Å²) in [7, 11) is 1.60. The second kappa shape index (κ2) is 7.86. The Kier molecular flexibility index (Phi) is 5.57. The third-order valence-corrected chi connectivity index (χ3v) is 3.47. The van der Waals surface area contributed by atoms with E-state index in [0.29, 0.717) is 12.0 Å². The van der Waals surface area contributed by atoms with Gasteiger partial charge in [0.05, 0.1) is 7.11 Å². The van der Waals surface area contributed by atoms with Gasteiger partial charge in [-0.25, -0.2) is 0 Å². The number of ether oxygens (including phenoxy) is 1. The first-order valence-electron chi connectivity index (χ1n) is 7.00. The Hall–Kier alpha value is -2.78. The minimum absolute atomic E-state index is 0.0268. The van der Waals surface area contributed by atoms with Gasteiger partial charge in [-0.2, -0.15) is 0 Å². The summed E-state index contributed by atoms with van der Waals surface area (Å²) in [6.07, 6.45) is 0.476. The van der Waals surface area contributed by atoms with Crippen molar-refractivity contribution in [2.75, 3.05) is 13.7 Å². The maximum absolute atomic E-state index is 12.7. The van der Waals surface area contributed by atoms with E-state index < -0.39 is 0 Å². The Labute approximate surface area is 129 Å². The molecule has 0 aliphatic heterocycles. The lowest BCUT2D eigenvalue weighted by Gasteiger charge is -2.16. The molecule has 0 heterocycles. The van der Waals surface area contributed by atoms with Gasteiger partial charge < -0.3 is 4.74 Å². The van der Waals surface area contributed by atoms with Gasteiger partial charge in [-0.05, 0) is 29.6 Å². The number of hydrogen-bond donors (Lipinski definition) is 0. The van der Waals surface area contributed by atoms with Crippen LogP contribution in [0.2, 0.25) is 0 Å². The van der Waals surface area contributed by atoms with Crippen LogP contribution in [0.3, 0.4) is 0 Å². The number of rotatable bonds is 7. The molecule has 1 unspecified atom stereocenters. The van der Waals surface area contributed by atoms with E-state index in [0.717, 1.165) is 11.3 Å². The number of benzene rings is 2. The smallest absolute Gasteiger partial charge is 0.170 e. The quantitative estimate of drug-likeness (QED) is 0.329. The second-order valence-electron chi connectivity index (χ2n) is 4.80. The van der Waals surface area contributed by atoms with E-state index in [1.54, 1.807) is 19.2 Å². The predicted molar refractivity (Wildman–Crippen MR) is 85.1 cm³/mol. The van der Waals surface area contributed by atoms with Crippen molar-refractivity contribution in [1.82, 2.24) is 0 Å². The van der Waals surface area contributed by atoms with Crippen LogP contribution in [0.25, 0.3) is 10.4 Å². The lowest BCUT2D eigenvalue weighted by atomic mass is 9.88. The molecule has 0 radical (unpaired) electrons. The van der Waals surface area contributed by atoms with Gasteiger partial charge in [0.25, 0.3) is 0 Å². The van der Waals surface area contributed by atoms with Gasteiger partial charge in [0, 0.05) is 22.9 Å². The highest BCUT2D eigenvalue weighted by molar-refractivity contribution is 6.00. The zero-order valence-electron chi connectivity index (χ0n) is 12.3. The van der Waals surface area contributed by atoms with E-state index in [9.17, 15) is 4.79 Å². The fourth-order valence-electron chi connectivity index (χ4n) is 2.32. The molecule has 22 heavy (non-hydrogen) atoms. The van der Waals surface area contributed by atoms with Gasteiger partial charge in [0.1, 0.15) is 5.75 Å². The Morgan fingerprint density at radius 1 is 1.18 bits per heavy atom. The van der Waals surface area contributed by atoms with Crippen LogP contribution in [0.5, 0.6) is 5.75 Å². The summed E-state index contributed by atoms with van der Waals surface area (Å²) < 4.78 is 5.14. The van der Waals surface area contributed by atoms with Crippen molar-refractivity contribution in [2.45, 2.75) is 12.3 Å². The monoisotopic (exact) mass is 295 g/mol. The molecule has 5 nitrogen and oxygen atoms in total.